The lowest BCUT2D eigenvalue weighted by atomic mass is 10.2. The van der Waals surface area contributed by atoms with Crippen molar-refractivity contribution >= 4 is 34.7 Å². The first-order valence-electron chi connectivity index (χ1n) is 10.1. The molecule has 0 aliphatic carbocycles. The molecule has 4 rings (SSSR count). The molecule has 9 heteroatoms. The standard InChI is InChI=1S/C22H23N5O3S/c1-15-6-2-3-7-17(15)24-20(28)12-21-23-16(14-31-21)13-30-22(29)18-8-9-19(26-25-18)27-10-4-5-11-27/h2-3,6-9,14H,4-5,10-13H2,1H3,(H,24,28). The number of hydrogen-bond donors (Lipinski definition) is 1. The third-order valence-electron chi connectivity index (χ3n) is 4.97. The number of aromatic nitrogens is 3. The number of aryl methyl sites for hydroxylation is 1. The van der Waals surface area contributed by atoms with Gasteiger partial charge in [-0.15, -0.1) is 21.5 Å². The number of carbonyl (C=O) groups is 2. The molecule has 160 valence electrons. The van der Waals surface area contributed by atoms with Crippen LogP contribution in [0.3, 0.4) is 0 Å². The molecular weight excluding hydrogens is 414 g/mol. The minimum atomic E-state index is -0.549. The molecule has 1 aliphatic heterocycles. The van der Waals surface area contributed by atoms with Crippen LogP contribution in [0, 0.1) is 6.92 Å². The Hall–Kier alpha value is -3.33. The molecule has 1 aliphatic rings. The van der Waals surface area contributed by atoms with Crippen LogP contribution in [0.5, 0.6) is 0 Å². The highest BCUT2D eigenvalue weighted by molar-refractivity contribution is 7.09. The Morgan fingerprint density at radius 2 is 1.94 bits per heavy atom. The molecule has 0 atom stereocenters. The number of benzene rings is 1. The van der Waals surface area contributed by atoms with Crippen molar-refractivity contribution in [2.24, 2.45) is 0 Å². The normalized spacial score (nSPS) is 13.3. The number of esters is 1. The predicted molar refractivity (Wildman–Crippen MR) is 118 cm³/mol. The number of para-hydroxylation sites is 1. The molecule has 8 nitrogen and oxygen atoms in total. The van der Waals surface area contributed by atoms with E-state index < -0.39 is 5.97 Å². The van der Waals surface area contributed by atoms with Crippen molar-refractivity contribution in [1.29, 1.82) is 0 Å². The van der Waals surface area contributed by atoms with E-state index in [4.69, 9.17) is 4.74 Å². The first-order chi connectivity index (χ1) is 15.1. The predicted octanol–water partition coefficient (Wildman–Crippen LogP) is 3.38. The van der Waals surface area contributed by atoms with Crippen LogP contribution in [0.25, 0.3) is 0 Å². The number of anilines is 2. The van der Waals surface area contributed by atoms with Gasteiger partial charge < -0.3 is 15.0 Å². The fraction of sp³-hybridized carbons (Fsp3) is 0.318. The zero-order valence-electron chi connectivity index (χ0n) is 17.2. The summed E-state index contributed by atoms with van der Waals surface area (Å²) in [6.07, 6.45) is 2.46. The maximum atomic E-state index is 12.3. The second kappa shape index (κ2) is 9.65. The van der Waals surface area contributed by atoms with Gasteiger partial charge in [0, 0.05) is 24.2 Å². The summed E-state index contributed by atoms with van der Waals surface area (Å²) in [7, 11) is 0. The lowest BCUT2D eigenvalue weighted by Gasteiger charge is -2.14. The molecule has 2 aromatic heterocycles. The molecule has 3 aromatic rings. The van der Waals surface area contributed by atoms with E-state index >= 15 is 0 Å². The topological polar surface area (TPSA) is 97.3 Å². The molecule has 0 unspecified atom stereocenters. The molecule has 0 bridgehead atoms. The highest BCUT2D eigenvalue weighted by Crippen LogP contribution is 2.18. The van der Waals surface area contributed by atoms with Crippen molar-refractivity contribution in [3.8, 4) is 0 Å². The quantitative estimate of drug-likeness (QED) is 0.566. The number of ether oxygens (including phenoxy) is 1. The van der Waals surface area contributed by atoms with Gasteiger partial charge in [0.05, 0.1) is 12.1 Å². The molecule has 1 saturated heterocycles. The summed E-state index contributed by atoms with van der Waals surface area (Å²) >= 11 is 1.36. The van der Waals surface area contributed by atoms with Crippen LogP contribution in [0.15, 0.2) is 41.8 Å². The Labute approximate surface area is 184 Å². The molecule has 0 radical (unpaired) electrons. The molecule has 1 amide bonds. The Bertz CT molecular complexity index is 1060. The van der Waals surface area contributed by atoms with Crippen molar-refractivity contribution < 1.29 is 14.3 Å². The van der Waals surface area contributed by atoms with Gasteiger partial charge in [0.2, 0.25) is 5.91 Å². The molecule has 0 saturated carbocycles. The Kier molecular flexibility index (Phi) is 6.51. The second-order valence-electron chi connectivity index (χ2n) is 7.32. The maximum absolute atomic E-state index is 12.3. The molecular formula is C22H23N5O3S. The second-order valence-corrected chi connectivity index (χ2v) is 8.26. The molecule has 31 heavy (non-hydrogen) atoms. The van der Waals surface area contributed by atoms with Crippen molar-refractivity contribution in [2.45, 2.75) is 32.8 Å². The van der Waals surface area contributed by atoms with Crippen LogP contribution in [0.4, 0.5) is 11.5 Å². The molecule has 1 N–H and O–H groups in total. The van der Waals surface area contributed by atoms with Crippen LogP contribution in [-0.4, -0.2) is 40.1 Å². The number of rotatable bonds is 7. The van der Waals surface area contributed by atoms with Gasteiger partial charge in [-0.05, 0) is 43.5 Å². The number of carbonyl (C=O) groups excluding carboxylic acids is 2. The molecule has 0 spiro atoms. The summed E-state index contributed by atoms with van der Waals surface area (Å²) in [6, 6.07) is 11.0. The third-order valence-corrected chi connectivity index (χ3v) is 5.87. The van der Waals surface area contributed by atoms with E-state index in [1.54, 1.807) is 17.5 Å². The number of amides is 1. The van der Waals surface area contributed by atoms with Gasteiger partial charge in [0.1, 0.15) is 11.6 Å². The zero-order chi connectivity index (χ0) is 21.6. The van der Waals surface area contributed by atoms with Gasteiger partial charge in [-0.3, -0.25) is 4.79 Å². The minimum absolute atomic E-state index is 0.0182. The van der Waals surface area contributed by atoms with Crippen molar-refractivity contribution in [2.75, 3.05) is 23.3 Å². The molecule has 3 heterocycles. The van der Waals surface area contributed by atoms with Gasteiger partial charge in [0.15, 0.2) is 11.5 Å². The number of nitrogens with one attached hydrogen (secondary N) is 1. The molecule has 1 aromatic carbocycles. The van der Waals surface area contributed by atoms with Gasteiger partial charge in [-0.1, -0.05) is 18.2 Å². The van der Waals surface area contributed by atoms with E-state index in [0.717, 1.165) is 43.0 Å². The lowest BCUT2D eigenvalue weighted by molar-refractivity contribution is -0.115. The monoisotopic (exact) mass is 437 g/mol. The van der Waals surface area contributed by atoms with Gasteiger partial charge in [-0.25, -0.2) is 9.78 Å². The average molecular weight is 438 g/mol. The van der Waals surface area contributed by atoms with Crippen LogP contribution in [0.2, 0.25) is 0 Å². The van der Waals surface area contributed by atoms with Crippen molar-refractivity contribution in [3.63, 3.8) is 0 Å². The Balaban J connectivity index is 1.27. The van der Waals surface area contributed by atoms with Crippen LogP contribution < -0.4 is 10.2 Å². The smallest absolute Gasteiger partial charge is 0.359 e. The van der Waals surface area contributed by atoms with Crippen LogP contribution in [-0.2, 0) is 22.6 Å². The summed E-state index contributed by atoms with van der Waals surface area (Å²) in [6.45, 7) is 3.89. The maximum Gasteiger partial charge on any atom is 0.359 e. The highest BCUT2D eigenvalue weighted by atomic mass is 32.1. The number of nitrogens with zero attached hydrogens (tertiary/aromatic N) is 4. The van der Waals surface area contributed by atoms with E-state index in [-0.39, 0.29) is 24.6 Å². The van der Waals surface area contributed by atoms with Gasteiger partial charge in [-0.2, -0.15) is 0 Å². The third kappa shape index (κ3) is 5.43. The van der Waals surface area contributed by atoms with E-state index in [1.807, 2.05) is 31.2 Å². The summed E-state index contributed by atoms with van der Waals surface area (Å²) in [5.41, 5.74) is 2.55. The van der Waals surface area contributed by atoms with Gasteiger partial charge >= 0.3 is 5.97 Å². The minimum Gasteiger partial charge on any atom is -0.454 e. The lowest BCUT2D eigenvalue weighted by Crippen LogP contribution is -2.20. The zero-order valence-corrected chi connectivity index (χ0v) is 18.0. The van der Waals surface area contributed by atoms with E-state index in [1.165, 1.54) is 11.3 Å². The Morgan fingerprint density at radius 3 is 2.68 bits per heavy atom. The number of thiazole rings is 1. The fourth-order valence-electron chi connectivity index (χ4n) is 3.30. The van der Waals surface area contributed by atoms with E-state index in [2.05, 4.69) is 25.4 Å². The first-order valence-corrected chi connectivity index (χ1v) is 11.0. The molecule has 1 fully saturated rings. The summed E-state index contributed by atoms with van der Waals surface area (Å²) in [4.78, 5) is 31.0. The fourth-order valence-corrected chi connectivity index (χ4v) is 4.08. The largest absolute Gasteiger partial charge is 0.454 e. The summed E-state index contributed by atoms with van der Waals surface area (Å²) in [5, 5.41) is 13.5. The SMILES string of the molecule is Cc1ccccc1NC(=O)Cc1nc(COC(=O)c2ccc(N3CCCC3)nn2)cs1. The highest BCUT2D eigenvalue weighted by Gasteiger charge is 2.16. The number of hydrogen-bond acceptors (Lipinski definition) is 8. The summed E-state index contributed by atoms with van der Waals surface area (Å²) < 4.78 is 5.30. The van der Waals surface area contributed by atoms with Crippen molar-refractivity contribution in [1.82, 2.24) is 15.2 Å². The van der Waals surface area contributed by atoms with Gasteiger partial charge in [0.25, 0.3) is 0 Å². The first kappa shape index (κ1) is 20.9. The van der Waals surface area contributed by atoms with Crippen LogP contribution >= 0.6 is 11.3 Å². The van der Waals surface area contributed by atoms with Crippen LogP contribution in [0.1, 0.15) is 39.6 Å². The average Bonchev–Trinajstić information content (AvgIpc) is 3.46. The Morgan fingerprint density at radius 1 is 1.13 bits per heavy atom. The summed E-state index contributed by atoms with van der Waals surface area (Å²) in [5.74, 6) is 0.0926. The van der Waals surface area contributed by atoms with Crippen molar-refractivity contribution in [3.05, 3.63) is 63.7 Å². The van der Waals surface area contributed by atoms with E-state index in [9.17, 15) is 9.59 Å². The van der Waals surface area contributed by atoms with E-state index in [0.29, 0.717) is 10.7 Å².